The van der Waals surface area contributed by atoms with Gasteiger partial charge in [-0.3, -0.25) is 14.4 Å². The highest BCUT2D eigenvalue weighted by Gasteiger charge is 2.50. The highest BCUT2D eigenvalue weighted by atomic mass is 35.5. The molecule has 0 radical (unpaired) electrons. The Hall–Kier alpha value is -2.17. The van der Waals surface area contributed by atoms with Crippen molar-refractivity contribution in [3.8, 4) is 0 Å². The van der Waals surface area contributed by atoms with Gasteiger partial charge in [0.25, 0.3) is 0 Å². The third-order valence-electron chi connectivity index (χ3n) is 4.00. The Bertz CT molecular complexity index is 897. The molecule has 31 heavy (non-hydrogen) atoms. The molecule has 0 amide bonds. The number of rotatable bonds is 7. The molecular weight excluding hydrogens is 473 g/mol. The van der Waals surface area contributed by atoms with Crippen LogP contribution in [0.4, 0.5) is 0 Å². The molecule has 1 saturated heterocycles. The lowest BCUT2D eigenvalue weighted by Crippen LogP contribution is -2.59. The number of hydrogen-bond acceptors (Lipinski definition) is 9. The van der Waals surface area contributed by atoms with Gasteiger partial charge in [-0.1, -0.05) is 40.1 Å². The maximum atomic E-state index is 11.7. The van der Waals surface area contributed by atoms with Crippen LogP contribution in [0.3, 0.4) is 0 Å². The highest BCUT2D eigenvalue weighted by molar-refractivity contribution is 7.99. The zero-order valence-corrected chi connectivity index (χ0v) is 19.0. The average Bonchev–Trinajstić information content (AvgIpc) is 2.67. The van der Waals surface area contributed by atoms with Crippen molar-refractivity contribution in [1.29, 1.82) is 0 Å². The minimum absolute atomic E-state index is 0.282. The molecule has 0 saturated carbocycles. The van der Waals surface area contributed by atoms with E-state index in [4.69, 9.17) is 47.7 Å². The number of benzene rings is 1. The summed E-state index contributed by atoms with van der Waals surface area (Å²) >= 11 is 13.1. The molecule has 10 nitrogen and oxygen atoms in total. The summed E-state index contributed by atoms with van der Waals surface area (Å²) < 4.78 is 21.7. The van der Waals surface area contributed by atoms with E-state index in [1.54, 1.807) is 18.2 Å². The molecule has 13 heteroatoms. The monoisotopic (exact) mass is 491 g/mol. The van der Waals surface area contributed by atoms with E-state index in [1.807, 2.05) is 0 Å². The summed E-state index contributed by atoms with van der Waals surface area (Å²) in [5, 5.41) is 4.35. The van der Waals surface area contributed by atoms with Crippen LogP contribution in [-0.2, 0) is 33.3 Å². The van der Waals surface area contributed by atoms with Gasteiger partial charge >= 0.3 is 17.9 Å². The van der Waals surface area contributed by atoms with Gasteiger partial charge < -0.3 is 18.9 Å². The van der Waals surface area contributed by atoms with Crippen molar-refractivity contribution in [2.24, 2.45) is 5.11 Å². The Morgan fingerprint density at radius 3 is 2.29 bits per heavy atom. The van der Waals surface area contributed by atoms with Crippen LogP contribution >= 0.6 is 35.0 Å². The Morgan fingerprint density at radius 1 is 1.10 bits per heavy atom. The number of hydrogen-bond donors (Lipinski definition) is 0. The maximum Gasteiger partial charge on any atom is 0.303 e. The van der Waals surface area contributed by atoms with Crippen molar-refractivity contribution >= 4 is 52.9 Å². The van der Waals surface area contributed by atoms with Gasteiger partial charge in [0.2, 0.25) is 0 Å². The van der Waals surface area contributed by atoms with Crippen LogP contribution in [0, 0.1) is 0 Å². The normalized spacial score (nSPS) is 25.1. The van der Waals surface area contributed by atoms with Gasteiger partial charge in [0.15, 0.2) is 0 Å². The summed E-state index contributed by atoms with van der Waals surface area (Å²) in [4.78, 5) is 38.1. The van der Waals surface area contributed by atoms with Crippen LogP contribution in [0.1, 0.15) is 20.8 Å². The van der Waals surface area contributed by atoms with E-state index >= 15 is 0 Å². The van der Waals surface area contributed by atoms with Crippen LogP contribution in [0.5, 0.6) is 0 Å². The van der Waals surface area contributed by atoms with Gasteiger partial charge in [-0.15, -0.1) is 0 Å². The molecule has 1 heterocycles. The number of nitrogens with zero attached hydrogens (tertiary/aromatic N) is 3. The Labute approximate surface area is 192 Å². The number of esters is 3. The van der Waals surface area contributed by atoms with Gasteiger partial charge in [-0.25, -0.2) is 0 Å². The second-order valence-corrected chi connectivity index (χ2v) is 8.37. The molecule has 1 aliphatic rings. The van der Waals surface area contributed by atoms with E-state index in [1.165, 1.54) is 13.8 Å². The molecule has 5 atom stereocenters. The molecule has 2 rings (SSSR count). The minimum Gasteiger partial charge on any atom is -0.463 e. The van der Waals surface area contributed by atoms with Crippen LogP contribution < -0.4 is 0 Å². The Kier molecular flexibility index (Phi) is 9.27. The predicted molar refractivity (Wildman–Crippen MR) is 112 cm³/mol. The molecule has 1 aromatic rings. The van der Waals surface area contributed by atoms with Gasteiger partial charge in [-0.05, 0) is 23.7 Å². The predicted octanol–water partition coefficient (Wildman–Crippen LogP) is 3.92. The second-order valence-electron chi connectivity index (χ2n) is 6.38. The van der Waals surface area contributed by atoms with Gasteiger partial charge in [0.1, 0.15) is 36.4 Å². The van der Waals surface area contributed by atoms with Crippen LogP contribution in [0.15, 0.2) is 28.2 Å². The summed E-state index contributed by atoms with van der Waals surface area (Å²) in [6.07, 6.45) is -3.27. The molecule has 0 aliphatic carbocycles. The number of carbonyl (C=O) groups excluding carboxylic acids is 3. The maximum absolute atomic E-state index is 11.7. The average molecular weight is 492 g/mol. The zero-order chi connectivity index (χ0) is 23.1. The van der Waals surface area contributed by atoms with E-state index in [0.29, 0.717) is 14.9 Å². The fourth-order valence-electron chi connectivity index (χ4n) is 2.85. The van der Waals surface area contributed by atoms with E-state index in [9.17, 15) is 14.4 Å². The first-order valence-electron chi connectivity index (χ1n) is 8.91. The minimum atomic E-state index is -1.16. The summed E-state index contributed by atoms with van der Waals surface area (Å²) in [6, 6.07) is 3.70. The highest BCUT2D eigenvalue weighted by Crippen LogP contribution is 2.39. The standard InChI is InChI=1S/C18H19Cl2N3O7S/c1-8(24)27-7-14-16(28-9(2)25)15(22-23-21)17(29-10(3)26)18(30-14)31-11-4-5-12(19)13(20)6-11/h4-6,14-18H,7H2,1-3H3/t14-,15+,16+,17-,18-/m1/s1. The van der Waals surface area contributed by atoms with Gasteiger partial charge in [0.05, 0.1) is 10.0 Å². The van der Waals surface area contributed by atoms with E-state index in [0.717, 1.165) is 18.7 Å². The smallest absolute Gasteiger partial charge is 0.303 e. The van der Waals surface area contributed by atoms with Gasteiger partial charge in [-0.2, -0.15) is 0 Å². The van der Waals surface area contributed by atoms with E-state index in [-0.39, 0.29) is 6.61 Å². The number of ether oxygens (including phenoxy) is 4. The first kappa shape index (κ1) is 25.1. The van der Waals surface area contributed by atoms with E-state index < -0.39 is 47.7 Å². The molecule has 168 valence electrons. The van der Waals surface area contributed by atoms with Crippen molar-refractivity contribution in [2.45, 2.75) is 55.5 Å². The SMILES string of the molecule is CC(=O)OC[C@H]1O[C@H](Sc2ccc(Cl)c(Cl)c2)[C@H](OC(C)=O)[C@@H](N=[N+]=[N-])[C@H]1OC(C)=O. The van der Waals surface area contributed by atoms with Crippen molar-refractivity contribution < 1.29 is 33.3 Å². The van der Waals surface area contributed by atoms with Gasteiger partial charge in [0, 0.05) is 30.6 Å². The lowest BCUT2D eigenvalue weighted by molar-refractivity contribution is -0.201. The molecule has 0 N–H and O–H groups in total. The fourth-order valence-corrected chi connectivity index (χ4v) is 4.37. The number of halogens is 2. The summed E-state index contributed by atoms with van der Waals surface area (Å²) in [5.74, 6) is -1.93. The zero-order valence-electron chi connectivity index (χ0n) is 16.7. The lowest BCUT2D eigenvalue weighted by atomic mass is 9.97. The summed E-state index contributed by atoms with van der Waals surface area (Å²) in [6.45, 7) is 3.27. The van der Waals surface area contributed by atoms with Crippen molar-refractivity contribution in [1.82, 2.24) is 0 Å². The van der Waals surface area contributed by atoms with Crippen molar-refractivity contribution in [3.63, 3.8) is 0 Å². The number of thioether (sulfide) groups is 1. The quantitative estimate of drug-likeness (QED) is 0.184. The van der Waals surface area contributed by atoms with Crippen molar-refractivity contribution in [2.75, 3.05) is 6.61 Å². The molecule has 0 spiro atoms. The topological polar surface area (TPSA) is 137 Å². The Balaban J connectivity index is 2.44. The van der Waals surface area contributed by atoms with Crippen LogP contribution in [0.2, 0.25) is 10.0 Å². The lowest BCUT2D eigenvalue weighted by Gasteiger charge is -2.43. The van der Waals surface area contributed by atoms with E-state index in [2.05, 4.69) is 10.0 Å². The first-order chi connectivity index (χ1) is 14.6. The molecule has 1 aliphatic heterocycles. The molecule has 1 aromatic carbocycles. The molecule has 1 fully saturated rings. The number of azide groups is 1. The summed E-state index contributed by atoms with van der Waals surface area (Å²) in [7, 11) is 0. The summed E-state index contributed by atoms with van der Waals surface area (Å²) in [5.41, 5.74) is 8.17. The second kappa shape index (κ2) is 11.4. The van der Waals surface area contributed by atoms with Crippen molar-refractivity contribution in [3.05, 3.63) is 38.7 Å². The molecule has 0 aromatic heterocycles. The van der Waals surface area contributed by atoms with Crippen LogP contribution in [-0.4, -0.2) is 54.3 Å². The molecule has 0 unspecified atom stereocenters. The third-order valence-corrected chi connectivity index (χ3v) is 5.88. The molecular formula is C18H19Cl2N3O7S. The molecule has 0 bridgehead atoms. The largest absolute Gasteiger partial charge is 0.463 e. The first-order valence-corrected chi connectivity index (χ1v) is 10.5. The third kappa shape index (κ3) is 7.19. The van der Waals surface area contributed by atoms with Crippen LogP contribution in [0.25, 0.3) is 10.4 Å². The number of carbonyl (C=O) groups is 3. The Morgan fingerprint density at radius 2 is 1.74 bits per heavy atom. The fraction of sp³-hybridized carbons (Fsp3) is 0.500.